The summed E-state index contributed by atoms with van der Waals surface area (Å²) in [5, 5.41) is 9.45. The van der Waals surface area contributed by atoms with Gasteiger partial charge in [0.2, 0.25) is 0 Å². The molecule has 0 aliphatic heterocycles. The van der Waals surface area contributed by atoms with Crippen LogP contribution in [-0.2, 0) is 13.3 Å². The molecule has 0 radical (unpaired) electrons. The number of nitrogens with zero attached hydrogens (tertiary/aromatic N) is 5. The molecule has 0 fully saturated rings. The molecule has 0 saturated carbocycles. The van der Waals surface area contributed by atoms with Crippen LogP contribution in [0.1, 0.15) is 16.1 Å². The van der Waals surface area contributed by atoms with Gasteiger partial charge < -0.3 is 9.64 Å². The van der Waals surface area contributed by atoms with Crippen molar-refractivity contribution in [3.8, 4) is 11.4 Å². The standard InChI is InChI=1S/C22H19Cl2N5O2/c1-27(14-16-3-6-18(7-4-16)29-11-2-10-25-29)22(30)20-9-12-28(26-20)15-31-21-8-5-17(23)13-19(21)24/h2-13H,14-15H2,1H3. The Kier molecular flexibility index (Phi) is 6.25. The maximum atomic E-state index is 12.7. The topological polar surface area (TPSA) is 65.2 Å². The Balaban J connectivity index is 1.35. The van der Waals surface area contributed by atoms with E-state index in [1.165, 1.54) is 4.68 Å². The van der Waals surface area contributed by atoms with Gasteiger partial charge in [0.1, 0.15) is 5.75 Å². The van der Waals surface area contributed by atoms with Gasteiger partial charge in [-0.3, -0.25) is 4.79 Å². The van der Waals surface area contributed by atoms with Gasteiger partial charge in [0.15, 0.2) is 12.4 Å². The van der Waals surface area contributed by atoms with Gasteiger partial charge in [-0.25, -0.2) is 9.36 Å². The SMILES string of the molecule is CN(Cc1ccc(-n2cccn2)cc1)C(=O)c1ccn(COc2ccc(Cl)cc2Cl)n1. The lowest BCUT2D eigenvalue weighted by Crippen LogP contribution is -2.26. The summed E-state index contributed by atoms with van der Waals surface area (Å²) in [6.45, 7) is 0.579. The quantitative estimate of drug-likeness (QED) is 0.405. The van der Waals surface area contributed by atoms with Gasteiger partial charge in [-0.1, -0.05) is 35.3 Å². The number of benzene rings is 2. The van der Waals surface area contributed by atoms with Crippen molar-refractivity contribution in [2.24, 2.45) is 0 Å². The minimum absolute atomic E-state index is 0.118. The van der Waals surface area contributed by atoms with Gasteiger partial charge in [-0.05, 0) is 48.0 Å². The maximum absolute atomic E-state index is 12.7. The van der Waals surface area contributed by atoms with Crippen LogP contribution in [0.3, 0.4) is 0 Å². The second-order valence-electron chi connectivity index (χ2n) is 6.87. The zero-order valence-corrected chi connectivity index (χ0v) is 18.2. The number of hydrogen-bond donors (Lipinski definition) is 0. The number of carbonyl (C=O) groups is 1. The van der Waals surface area contributed by atoms with Crippen molar-refractivity contribution in [2.45, 2.75) is 13.3 Å². The molecule has 2 aromatic carbocycles. The molecule has 0 aliphatic rings. The monoisotopic (exact) mass is 455 g/mol. The second-order valence-corrected chi connectivity index (χ2v) is 7.71. The highest BCUT2D eigenvalue weighted by Crippen LogP contribution is 2.27. The first-order valence-corrected chi connectivity index (χ1v) is 10.2. The number of carbonyl (C=O) groups excluding carboxylic acids is 1. The van der Waals surface area contributed by atoms with Crippen molar-refractivity contribution < 1.29 is 9.53 Å². The molecular weight excluding hydrogens is 437 g/mol. The van der Waals surface area contributed by atoms with Crippen LogP contribution >= 0.6 is 23.2 Å². The van der Waals surface area contributed by atoms with E-state index in [1.54, 1.807) is 53.3 Å². The van der Waals surface area contributed by atoms with Crippen molar-refractivity contribution in [3.05, 3.63) is 94.5 Å². The summed E-state index contributed by atoms with van der Waals surface area (Å²) in [5.41, 5.74) is 2.30. The third-order valence-electron chi connectivity index (χ3n) is 4.58. The van der Waals surface area contributed by atoms with Gasteiger partial charge in [-0.2, -0.15) is 10.2 Å². The third-order valence-corrected chi connectivity index (χ3v) is 5.11. The van der Waals surface area contributed by atoms with E-state index in [2.05, 4.69) is 10.2 Å². The number of halogens is 2. The predicted octanol–water partition coefficient (Wildman–Crippen LogP) is 4.68. The molecule has 31 heavy (non-hydrogen) atoms. The lowest BCUT2D eigenvalue weighted by molar-refractivity contribution is 0.0777. The molecule has 4 aromatic rings. The molecular formula is C22H19Cl2N5O2. The summed E-state index contributed by atoms with van der Waals surface area (Å²) >= 11 is 12.0. The molecule has 0 atom stereocenters. The molecule has 7 nitrogen and oxygen atoms in total. The molecule has 0 saturated heterocycles. The predicted molar refractivity (Wildman–Crippen MR) is 119 cm³/mol. The average Bonchev–Trinajstić information content (AvgIpc) is 3.45. The molecule has 0 unspecified atom stereocenters. The second kappa shape index (κ2) is 9.24. The Morgan fingerprint density at radius 2 is 1.90 bits per heavy atom. The van der Waals surface area contributed by atoms with E-state index < -0.39 is 0 Å². The van der Waals surface area contributed by atoms with E-state index in [-0.39, 0.29) is 12.6 Å². The summed E-state index contributed by atoms with van der Waals surface area (Å²) in [7, 11) is 1.74. The van der Waals surface area contributed by atoms with Crippen molar-refractivity contribution in [1.29, 1.82) is 0 Å². The fraction of sp³-hybridized carbons (Fsp3) is 0.136. The van der Waals surface area contributed by atoms with E-state index in [9.17, 15) is 4.79 Å². The Morgan fingerprint density at radius 3 is 2.61 bits per heavy atom. The Morgan fingerprint density at radius 1 is 1.10 bits per heavy atom. The Hall–Kier alpha value is -3.29. The van der Waals surface area contributed by atoms with Crippen LogP contribution in [0.25, 0.3) is 5.69 Å². The van der Waals surface area contributed by atoms with Gasteiger partial charge in [-0.15, -0.1) is 0 Å². The summed E-state index contributed by atoms with van der Waals surface area (Å²) in [4.78, 5) is 14.4. The molecule has 9 heteroatoms. The normalized spacial score (nSPS) is 10.8. The van der Waals surface area contributed by atoms with E-state index >= 15 is 0 Å². The van der Waals surface area contributed by atoms with Crippen LogP contribution in [0.2, 0.25) is 10.0 Å². The van der Waals surface area contributed by atoms with Gasteiger partial charge in [0.25, 0.3) is 5.91 Å². The highest BCUT2D eigenvalue weighted by molar-refractivity contribution is 6.35. The number of ether oxygens (including phenoxy) is 1. The lowest BCUT2D eigenvalue weighted by atomic mass is 10.2. The maximum Gasteiger partial charge on any atom is 0.274 e. The van der Waals surface area contributed by atoms with E-state index in [4.69, 9.17) is 27.9 Å². The van der Waals surface area contributed by atoms with Crippen LogP contribution in [0.15, 0.2) is 73.2 Å². The van der Waals surface area contributed by atoms with Crippen molar-refractivity contribution in [1.82, 2.24) is 24.5 Å². The first-order valence-electron chi connectivity index (χ1n) is 9.45. The molecule has 2 heterocycles. The summed E-state index contributed by atoms with van der Waals surface area (Å²) in [6.07, 6.45) is 5.30. The molecule has 0 N–H and O–H groups in total. The minimum Gasteiger partial charge on any atom is -0.470 e. The Labute approximate surface area is 189 Å². The molecule has 1 amide bonds. The highest BCUT2D eigenvalue weighted by Gasteiger charge is 2.15. The Bertz CT molecular complexity index is 1170. The lowest BCUT2D eigenvalue weighted by Gasteiger charge is -2.16. The number of aromatic nitrogens is 4. The molecule has 158 valence electrons. The van der Waals surface area contributed by atoms with E-state index in [1.807, 2.05) is 36.5 Å². The molecule has 0 spiro atoms. The van der Waals surface area contributed by atoms with Crippen LogP contribution in [0.5, 0.6) is 5.75 Å². The molecule has 0 bridgehead atoms. The van der Waals surface area contributed by atoms with E-state index in [0.29, 0.717) is 28.0 Å². The van der Waals surface area contributed by atoms with Crippen LogP contribution < -0.4 is 4.74 Å². The largest absolute Gasteiger partial charge is 0.470 e. The molecule has 4 rings (SSSR count). The molecule has 0 aliphatic carbocycles. The fourth-order valence-corrected chi connectivity index (χ4v) is 3.46. The van der Waals surface area contributed by atoms with Crippen LogP contribution in [-0.4, -0.2) is 37.4 Å². The smallest absolute Gasteiger partial charge is 0.274 e. The zero-order chi connectivity index (χ0) is 21.8. The van der Waals surface area contributed by atoms with Crippen molar-refractivity contribution in [3.63, 3.8) is 0 Å². The number of rotatable bonds is 7. The van der Waals surface area contributed by atoms with Crippen LogP contribution in [0, 0.1) is 0 Å². The zero-order valence-electron chi connectivity index (χ0n) is 16.7. The minimum atomic E-state index is -0.181. The molecule has 2 aromatic heterocycles. The van der Waals surface area contributed by atoms with E-state index in [0.717, 1.165) is 11.3 Å². The van der Waals surface area contributed by atoms with Crippen molar-refractivity contribution >= 4 is 29.1 Å². The first kappa shape index (κ1) is 21.0. The average molecular weight is 456 g/mol. The fourth-order valence-electron chi connectivity index (χ4n) is 2.99. The summed E-state index contributed by atoms with van der Waals surface area (Å²) in [6, 6.07) is 16.4. The third kappa shape index (κ3) is 5.07. The van der Waals surface area contributed by atoms with Gasteiger partial charge in [0, 0.05) is 37.2 Å². The summed E-state index contributed by atoms with van der Waals surface area (Å²) < 4.78 is 8.96. The van der Waals surface area contributed by atoms with Gasteiger partial charge >= 0.3 is 0 Å². The highest BCUT2D eigenvalue weighted by atomic mass is 35.5. The van der Waals surface area contributed by atoms with Crippen molar-refractivity contribution in [2.75, 3.05) is 7.05 Å². The van der Waals surface area contributed by atoms with Crippen LogP contribution in [0.4, 0.5) is 0 Å². The first-order chi connectivity index (χ1) is 15.0. The number of amides is 1. The summed E-state index contributed by atoms with van der Waals surface area (Å²) in [5.74, 6) is 0.310. The number of hydrogen-bond acceptors (Lipinski definition) is 4. The van der Waals surface area contributed by atoms with Gasteiger partial charge in [0.05, 0.1) is 10.7 Å².